The van der Waals surface area contributed by atoms with Crippen LogP contribution in [0.1, 0.15) is 29.3 Å². The maximum Gasteiger partial charge on any atom is 0.419 e. The molecule has 0 aromatic heterocycles. The second-order valence-corrected chi connectivity index (χ2v) is 3.96. The molecule has 0 heterocycles. The number of halogens is 4. The van der Waals surface area contributed by atoms with Gasteiger partial charge in [-0.25, -0.2) is 9.18 Å². The lowest BCUT2D eigenvalue weighted by atomic mass is 10.1. The molecule has 0 aliphatic heterocycles. The van der Waals surface area contributed by atoms with E-state index in [1.54, 1.807) is 0 Å². The van der Waals surface area contributed by atoms with E-state index in [4.69, 9.17) is 5.11 Å². The molecule has 8 heteroatoms. The molecule has 110 valence electrons. The standard InChI is InChI=1S/C12H11F4NO3/c1-2-9(11(19)20)17-10(18)6-3-4-8(13)7(5-6)12(14,15)16/h3-5,9H,2H2,1H3,(H,17,18)(H,19,20)/t9-/m1/s1. The van der Waals surface area contributed by atoms with Crippen LogP contribution in [-0.2, 0) is 11.0 Å². The van der Waals surface area contributed by atoms with Crippen molar-refractivity contribution in [3.63, 3.8) is 0 Å². The van der Waals surface area contributed by atoms with Crippen LogP contribution in [0.2, 0.25) is 0 Å². The summed E-state index contributed by atoms with van der Waals surface area (Å²) < 4.78 is 50.5. The molecular formula is C12H11F4NO3. The lowest BCUT2D eigenvalue weighted by molar-refractivity contribution is -0.140. The zero-order chi connectivity index (χ0) is 15.5. The van der Waals surface area contributed by atoms with Crippen LogP contribution in [0.5, 0.6) is 0 Å². The van der Waals surface area contributed by atoms with E-state index in [0.717, 1.165) is 6.07 Å². The Morgan fingerprint density at radius 3 is 2.40 bits per heavy atom. The van der Waals surface area contributed by atoms with Gasteiger partial charge in [0, 0.05) is 5.56 Å². The van der Waals surface area contributed by atoms with Crippen LogP contribution < -0.4 is 5.32 Å². The van der Waals surface area contributed by atoms with Crippen LogP contribution >= 0.6 is 0 Å². The highest BCUT2D eigenvalue weighted by Gasteiger charge is 2.34. The number of hydrogen-bond donors (Lipinski definition) is 2. The van der Waals surface area contributed by atoms with Crippen molar-refractivity contribution in [1.82, 2.24) is 5.32 Å². The summed E-state index contributed by atoms with van der Waals surface area (Å²) in [6.07, 6.45) is -4.87. The molecule has 2 N–H and O–H groups in total. The van der Waals surface area contributed by atoms with Gasteiger partial charge in [-0.15, -0.1) is 0 Å². The summed E-state index contributed by atoms with van der Waals surface area (Å²) in [5, 5.41) is 10.8. The maximum absolute atomic E-state index is 13.0. The molecule has 1 amide bonds. The highest BCUT2D eigenvalue weighted by Crippen LogP contribution is 2.31. The third kappa shape index (κ3) is 3.69. The van der Waals surface area contributed by atoms with Crippen molar-refractivity contribution < 1.29 is 32.3 Å². The molecule has 0 unspecified atom stereocenters. The molecule has 0 saturated carbocycles. The normalized spacial score (nSPS) is 12.8. The van der Waals surface area contributed by atoms with Gasteiger partial charge in [-0.2, -0.15) is 13.2 Å². The number of benzene rings is 1. The van der Waals surface area contributed by atoms with Gasteiger partial charge in [0.15, 0.2) is 0 Å². The Hall–Kier alpha value is -2.12. The van der Waals surface area contributed by atoms with E-state index in [0.29, 0.717) is 12.1 Å². The van der Waals surface area contributed by atoms with Gasteiger partial charge in [0.1, 0.15) is 11.9 Å². The lowest BCUT2D eigenvalue weighted by Crippen LogP contribution is -2.40. The summed E-state index contributed by atoms with van der Waals surface area (Å²) in [6, 6.07) is 0.495. The molecule has 1 rings (SSSR count). The topological polar surface area (TPSA) is 66.4 Å². The predicted octanol–water partition coefficient (Wildman–Crippen LogP) is 2.44. The number of carbonyl (C=O) groups is 2. The molecule has 4 nitrogen and oxygen atoms in total. The second kappa shape index (κ2) is 5.89. The third-order valence-corrected chi connectivity index (χ3v) is 2.55. The van der Waals surface area contributed by atoms with Crippen molar-refractivity contribution in [3.8, 4) is 0 Å². The predicted molar refractivity (Wildman–Crippen MR) is 60.6 cm³/mol. The van der Waals surface area contributed by atoms with Crippen LogP contribution in [0.4, 0.5) is 17.6 Å². The molecule has 0 aliphatic rings. The monoisotopic (exact) mass is 293 g/mol. The molecule has 1 aromatic rings. The number of amides is 1. The molecule has 0 spiro atoms. The van der Waals surface area contributed by atoms with E-state index in [2.05, 4.69) is 5.32 Å². The van der Waals surface area contributed by atoms with Crippen molar-refractivity contribution in [2.45, 2.75) is 25.6 Å². The Morgan fingerprint density at radius 1 is 1.35 bits per heavy atom. The minimum Gasteiger partial charge on any atom is -0.480 e. The smallest absolute Gasteiger partial charge is 0.419 e. The van der Waals surface area contributed by atoms with E-state index in [1.807, 2.05) is 0 Å². The minimum absolute atomic E-state index is 0.0639. The molecule has 0 radical (unpaired) electrons. The fourth-order valence-electron chi connectivity index (χ4n) is 1.46. The van der Waals surface area contributed by atoms with E-state index >= 15 is 0 Å². The lowest BCUT2D eigenvalue weighted by Gasteiger charge is -2.13. The van der Waals surface area contributed by atoms with Gasteiger partial charge >= 0.3 is 12.1 Å². The van der Waals surface area contributed by atoms with Crippen LogP contribution in [-0.4, -0.2) is 23.0 Å². The average molecular weight is 293 g/mol. The molecule has 0 fully saturated rings. The van der Waals surface area contributed by atoms with Crippen LogP contribution in [0.25, 0.3) is 0 Å². The Labute approximate surface area is 111 Å². The molecular weight excluding hydrogens is 282 g/mol. The van der Waals surface area contributed by atoms with Crippen molar-refractivity contribution in [2.75, 3.05) is 0 Å². The largest absolute Gasteiger partial charge is 0.480 e. The zero-order valence-electron chi connectivity index (χ0n) is 10.3. The maximum atomic E-state index is 13.0. The Balaban J connectivity index is 3.03. The number of carboxylic acids is 1. The van der Waals surface area contributed by atoms with Crippen molar-refractivity contribution in [3.05, 3.63) is 35.1 Å². The summed E-state index contributed by atoms with van der Waals surface area (Å²) in [5.74, 6) is -3.82. The molecule has 1 aromatic carbocycles. The van der Waals surface area contributed by atoms with Crippen LogP contribution in [0.15, 0.2) is 18.2 Å². The molecule has 0 aliphatic carbocycles. The van der Waals surface area contributed by atoms with Crippen LogP contribution in [0, 0.1) is 5.82 Å². The minimum atomic E-state index is -4.93. The van der Waals surface area contributed by atoms with Gasteiger partial charge in [0.05, 0.1) is 5.56 Å². The molecule has 0 bridgehead atoms. The first-order valence-electron chi connectivity index (χ1n) is 5.57. The first kappa shape index (κ1) is 15.9. The molecule has 1 atom stereocenters. The number of carbonyl (C=O) groups excluding carboxylic acids is 1. The van der Waals surface area contributed by atoms with Gasteiger partial charge in [0.25, 0.3) is 5.91 Å². The first-order valence-corrected chi connectivity index (χ1v) is 5.57. The van der Waals surface area contributed by atoms with Gasteiger partial charge < -0.3 is 10.4 Å². The van der Waals surface area contributed by atoms with Crippen molar-refractivity contribution in [2.24, 2.45) is 0 Å². The summed E-state index contributed by atoms with van der Waals surface area (Å²) in [4.78, 5) is 22.4. The number of carboxylic acid groups (broad SMARTS) is 1. The summed E-state index contributed by atoms with van der Waals surface area (Å²) >= 11 is 0. The van der Waals surface area contributed by atoms with E-state index in [9.17, 15) is 27.2 Å². The van der Waals surface area contributed by atoms with Crippen molar-refractivity contribution in [1.29, 1.82) is 0 Å². The third-order valence-electron chi connectivity index (χ3n) is 2.55. The Kier molecular flexibility index (Phi) is 4.69. The van der Waals surface area contributed by atoms with Gasteiger partial charge in [-0.3, -0.25) is 4.79 Å². The number of hydrogen-bond acceptors (Lipinski definition) is 2. The van der Waals surface area contributed by atoms with E-state index < -0.39 is 41.0 Å². The molecule has 0 saturated heterocycles. The number of alkyl halides is 3. The van der Waals surface area contributed by atoms with E-state index in [-0.39, 0.29) is 6.42 Å². The highest BCUT2D eigenvalue weighted by atomic mass is 19.4. The second-order valence-electron chi connectivity index (χ2n) is 3.96. The Bertz CT molecular complexity index is 528. The fraction of sp³-hybridized carbons (Fsp3) is 0.333. The number of nitrogens with one attached hydrogen (secondary N) is 1. The summed E-state index contributed by atoms with van der Waals surface area (Å²) in [6.45, 7) is 1.49. The van der Waals surface area contributed by atoms with E-state index in [1.165, 1.54) is 6.92 Å². The highest BCUT2D eigenvalue weighted by molar-refractivity contribution is 5.96. The Morgan fingerprint density at radius 2 is 1.95 bits per heavy atom. The quantitative estimate of drug-likeness (QED) is 0.838. The number of aliphatic carboxylic acids is 1. The van der Waals surface area contributed by atoms with Gasteiger partial charge in [-0.1, -0.05) is 6.92 Å². The van der Waals surface area contributed by atoms with Gasteiger partial charge in [-0.05, 0) is 24.6 Å². The van der Waals surface area contributed by atoms with Gasteiger partial charge in [0.2, 0.25) is 0 Å². The summed E-state index contributed by atoms with van der Waals surface area (Å²) in [5.41, 5.74) is -2.04. The number of rotatable bonds is 4. The first-order chi connectivity index (χ1) is 9.16. The SMILES string of the molecule is CC[C@@H](NC(=O)c1ccc(F)c(C(F)(F)F)c1)C(=O)O. The zero-order valence-corrected chi connectivity index (χ0v) is 10.3. The van der Waals surface area contributed by atoms with Crippen molar-refractivity contribution >= 4 is 11.9 Å². The fourth-order valence-corrected chi connectivity index (χ4v) is 1.46. The molecule has 20 heavy (non-hydrogen) atoms. The average Bonchev–Trinajstić information content (AvgIpc) is 2.34. The van der Waals surface area contributed by atoms with Crippen LogP contribution in [0.3, 0.4) is 0 Å². The summed E-state index contributed by atoms with van der Waals surface area (Å²) in [7, 11) is 0.